The summed E-state index contributed by atoms with van der Waals surface area (Å²) in [6, 6.07) is 0. The van der Waals surface area contributed by atoms with Gasteiger partial charge in [-0.05, 0) is 95.6 Å². The molecule has 3 nitrogen and oxygen atoms in total. The highest BCUT2D eigenvalue weighted by Crippen LogP contribution is 2.14. The number of aliphatic hydroxyl groups excluding tert-OH is 3. The van der Waals surface area contributed by atoms with Crippen molar-refractivity contribution < 1.29 is 15.3 Å². The Hall–Kier alpha value is -2.92. The molecule has 0 aromatic carbocycles. The minimum Gasteiger partial charge on any atom is -0.389 e. The van der Waals surface area contributed by atoms with Crippen LogP contribution in [0.25, 0.3) is 0 Å². The number of rotatable bonds is 31. The number of aliphatic hydroxyl groups is 3. The molecule has 0 saturated heterocycles. The molecular weight excluding hydrogens is 601 g/mol. The van der Waals surface area contributed by atoms with Gasteiger partial charge in [0.05, 0.1) is 6.10 Å². The number of hydrogen-bond donors (Lipinski definition) is 3. The summed E-state index contributed by atoms with van der Waals surface area (Å²) in [5.74, 6) is 16.5. The van der Waals surface area contributed by atoms with Crippen LogP contribution in [-0.4, -0.2) is 33.6 Å². The second-order valence-electron chi connectivity index (χ2n) is 13.1. The van der Waals surface area contributed by atoms with Crippen LogP contribution in [0.3, 0.4) is 0 Å². The first-order chi connectivity index (χ1) is 24.1. The van der Waals surface area contributed by atoms with E-state index in [1.54, 1.807) is 6.08 Å². The topological polar surface area (TPSA) is 60.7 Å². The average molecular weight is 671 g/mol. The van der Waals surface area contributed by atoms with E-state index in [2.05, 4.69) is 59.8 Å². The van der Waals surface area contributed by atoms with Crippen LogP contribution in [0, 0.1) is 48.4 Å². The van der Waals surface area contributed by atoms with Crippen molar-refractivity contribution in [1.29, 1.82) is 0 Å². The van der Waals surface area contributed by atoms with E-state index in [1.807, 2.05) is 18.2 Å². The van der Waals surface area contributed by atoms with Crippen molar-refractivity contribution in [3.8, 4) is 48.4 Å². The highest BCUT2D eigenvalue weighted by molar-refractivity contribution is 5.19. The minimum atomic E-state index is -0.884. The Kier molecular flexibility index (Phi) is 37.2. The summed E-state index contributed by atoms with van der Waals surface area (Å²) >= 11 is 0. The monoisotopic (exact) mass is 671 g/mol. The van der Waals surface area contributed by atoms with Crippen LogP contribution in [0.2, 0.25) is 0 Å². The first-order valence-corrected chi connectivity index (χ1v) is 19.7. The van der Waals surface area contributed by atoms with E-state index in [-0.39, 0.29) is 6.10 Å². The van der Waals surface area contributed by atoms with Crippen LogP contribution in [0.1, 0.15) is 173 Å². The SMILES string of the molecule is C#C/C=C\CCCCCCCCCCCCCC/C=C\CCC/C=C/C(O)CCCCC#C[C@H](O)C#CCCCCCC/C=C/[C@@H](O)C#C. The molecule has 0 bridgehead atoms. The molecule has 0 fully saturated rings. The molecule has 0 amide bonds. The number of allylic oxidation sites excluding steroid dienone is 6. The summed E-state index contributed by atoms with van der Waals surface area (Å²) < 4.78 is 0. The predicted molar refractivity (Wildman–Crippen MR) is 212 cm³/mol. The van der Waals surface area contributed by atoms with Gasteiger partial charge in [0, 0.05) is 12.8 Å². The molecule has 0 radical (unpaired) electrons. The third-order valence-corrected chi connectivity index (χ3v) is 8.41. The first kappa shape index (κ1) is 46.1. The van der Waals surface area contributed by atoms with Crippen molar-refractivity contribution in [2.24, 2.45) is 0 Å². The van der Waals surface area contributed by atoms with Crippen LogP contribution < -0.4 is 0 Å². The third-order valence-electron chi connectivity index (χ3n) is 8.41. The fraction of sp³-hybridized carbons (Fsp3) is 0.652. The van der Waals surface area contributed by atoms with E-state index < -0.39 is 12.2 Å². The maximum Gasteiger partial charge on any atom is 0.176 e. The van der Waals surface area contributed by atoms with Crippen molar-refractivity contribution in [2.75, 3.05) is 0 Å². The van der Waals surface area contributed by atoms with Gasteiger partial charge >= 0.3 is 0 Å². The Morgan fingerprint density at radius 3 is 1.43 bits per heavy atom. The zero-order chi connectivity index (χ0) is 35.7. The van der Waals surface area contributed by atoms with Gasteiger partial charge in [0.15, 0.2) is 6.10 Å². The van der Waals surface area contributed by atoms with Crippen molar-refractivity contribution in [2.45, 2.75) is 192 Å². The fourth-order valence-corrected chi connectivity index (χ4v) is 5.43. The fourth-order valence-electron chi connectivity index (χ4n) is 5.43. The van der Waals surface area contributed by atoms with Crippen molar-refractivity contribution in [3.63, 3.8) is 0 Å². The van der Waals surface area contributed by atoms with Crippen LogP contribution in [-0.2, 0) is 0 Å². The molecule has 0 rings (SSSR count). The van der Waals surface area contributed by atoms with E-state index in [1.165, 1.54) is 83.5 Å². The minimum absolute atomic E-state index is 0.388. The predicted octanol–water partition coefficient (Wildman–Crippen LogP) is 11.1. The lowest BCUT2D eigenvalue weighted by Gasteiger charge is -2.03. The van der Waals surface area contributed by atoms with Crippen molar-refractivity contribution in [3.05, 3.63) is 48.6 Å². The van der Waals surface area contributed by atoms with Crippen molar-refractivity contribution in [1.82, 2.24) is 0 Å². The highest BCUT2D eigenvalue weighted by Gasteiger charge is 1.99. The third kappa shape index (κ3) is 39.4. The smallest absolute Gasteiger partial charge is 0.176 e. The average Bonchev–Trinajstić information content (AvgIpc) is 3.10. The summed E-state index contributed by atoms with van der Waals surface area (Å²) in [6.07, 6.45) is 55.7. The normalized spacial score (nSPS) is 13.2. The second-order valence-corrected chi connectivity index (χ2v) is 13.1. The van der Waals surface area contributed by atoms with Gasteiger partial charge in [-0.2, -0.15) is 0 Å². The van der Waals surface area contributed by atoms with Gasteiger partial charge in [-0.25, -0.2) is 0 Å². The standard InChI is InChI=1S/C46H70O3/c1-3-5-6-7-8-9-10-11-12-13-14-15-16-17-18-19-20-21-22-23-27-30-35-40-45(48)42-37-32-33-38-43-46(49)41-36-31-28-25-24-26-29-34-39-44(47)4-2/h1-2,5-6,21-22,34-35,39-40,44-49H,7-20,23-33,37,42H2/b6-5-,22-21-,39-34+,40-35+/t44-,45?,46+/m0/s1. The molecular formula is C46H70O3. The molecule has 49 heavy (non-hydrogen) atoms. The summed E-state index contributed by atoms with van der Waals surface area (Å²) in [7, 11) is 0. The van der Waals surface area contributed by atoms with E-state index in [9.17, 15) is 15.3 Å². The lowest BCUT2D eigenvalue weighted by Crippen LogP contribution is -2.01. The van der Waals surface area contributed by atoms with E-state index in [0.717, 1.165) is 83.5 Å². The maximum atomic E-state index is 10.2. The van der Waals surface area contributed by atoms with Gasteiger partial charge in [0.25, 0.3) is 0 Å². The Balaban J connectivity index is 3.52. The summed E-state index contributed by atoms with van der Waals surface area (Å²) in [4.78, 5) is 0. The van der Waals surface area contributed by atoms with Crippen LogP contribution in [0.15, 0.2) is 48.6 Å². The number of unbranched alkanes of at least 4 members (excludes halogenated alkanes) is 22. The molecule has 0 aliphatic heterocycles. The molecule has 272 valence electrons. The lowest BCUT2D eigenvalue weighted by molar-refractivity contribution is 0.208. The molecule has 0 saturated carbocycles. The Morgan fingerprint density at radius 2 is 0.878 bits per heavy atom. The largest absolute Gasteiger partial charge is 0.389 e. The lowest BCUT2D eigenvalue weighted by atomic mass is 10.0. The van der Waals surface area contributed by atoms with Gasteiger partial charge in [0.1, 0.15) is 6.10 Å². The Bertz CT molecular complexity index is 1060. The Labute approximate surface area is 303 Å². The molecule has 3 atom stereocenters. The molecule has 0 aliphatic carbocycles. The Morgan fingerprint density at radius 1 is 0.449 bits per heavy atom. The van der Waals surface area contributed by atoms with Crippen LogP contribution in [0.5, 0.6) is 0 Å². The molecule has 0 heterocycles. The molecule has 3 N–H and O–H groups in total. The van der Waals surface area contributed by atoms with Crippen LogP contribution >= 0.6 is 0 Å². The summed E-state index contributed by atoms with van der Waals surface area (Å²) in [5, 5.41) is 29.3. The highest BCUT2D eigenvalue weighted by atomic mass is 16.3. The zero-order valence-electron chi connectivity index (χ0n) is 30.9. The van der Waals surface area contributed by atoms with Gasteiger partial charge in [-0.15, -0.1) is 12.8 Å². The molecule has 0 aromatic heterocycles. The zero-order valence-corrected chi connectivity index (χ0v) is 30.9. The number of terminal acetylenes is 2. The number of hydrogen-bond acceptors (Lipinski definition) is 3. The molecule has 0 aliphatic rings. The molecule has 3 heteroatoms. The van der Waals surface area contributed by atoms with E-state index in [4.69, 9.17) is 12.8 Å². The molecule has 1 unspecified atom stereocenters. The van der Waals surface area contributed by atoms with E-state index >= 15 is 0 Å². The first-order valence-electron chi connectivity index (χ1n) is 19.7. The van der Waals surface area contributed by atoms with Gasteiger partial charge < -0.3 is 15.3 Å². The quantitative estimate of drug-likeness (QED) is 0.0391. The maximum absolute atomic E-state index is 10.2. The van der Waals surface area contributed by atoms with Crippen molar-refractivity contribution >= 4 is 0 Å². The summed E-state index contributed by atoms with van der Waals surface area (Å²) in [5.41, 5.74) is 0. The van der Waals surface area contributed by atoms with Crippen LogP contribution in [0.4, 0.5) is 0 Å². The molecule has 0 spiro atoms. The molecule has 0 aromatic rings. The van der Waals surface area contributed by atoms with E-state index in [0.29, 0.717) is 6.42 Å². The van der Waals surface area contributed by atoms with Gasteiger partial charge in [-0.1, -0.05) is 149 Å². The second kappa shape index (κ2) is 39.5. The summed E-state index contributed by atoms with van der Waals surface area (Å²) in [6.45, 7) is 0. The van der Waals surface area contributed by atoms with Gasteiger partial charge in [0.2, 0.25) is 0 Å². The van der Waals surface area contributed by atoms with Gasteiger partial charge in [-0.3, -0.25) is 0 Å².